The predicted molar refractivity (Wildman–Crippen MR) is 180 cm³/mol. The monoisotopic (exact) mass is 686 g/mol. The summed E-state index contributed by atoms with van der Waals surface area (Å²) < 4.78 is 16.5. The van der Waals surface area contributed by atoms with Gasteiger partial charge < -0.3 is 40.6 Å². The third-order valence-electron chi connectivity index (χ3n) is 7.55. The Morgan fingerprint density at radius 2 is 1.49 bits per heavy atom. The van der Waals surface area contributed by atoms with Crippen LogP contribution in [0.3, 0.4) is 0 Å². The highest BCUT2D eigenvalue weighted by Gasteiger charge is 2.27. The van der Waals surface area contributed by atoms with E-state index in [0.717, 1.165) is 37.5 Å². The molecule has 49 heavy (non-hydrogen) atoms. The number of primary amides is 1. The summed E-state index contributed by atoms with van der Waals surface area (Å²) in [5, 5.41) is 38.5. The van der Waals surface area contributed by atoms with Gasteiger partial charge in [0.1, 0.15) is 17.1 Å². The third kappa shape index (κ3) is 11.0. The minimum atomic E-state index is -1.35. The lowest BCUT2D eigenvalue weighted by Crippen LogP contribution is -2.41. The highest BCUT2D eigenvalue weighted by molar-refractivity contribution is 5.95. The minimum absolute atomic E-state index is 0.0166. The van der Waals surface area contributed by atoms with Gasteiger partial charge in [0.15, 0.2) is 11.4 Å². The van der Waals surface area contributed by atoms with Crippen LogP contribution in [0.4, 0.5) is 27.5 Å². The molecule has 17 nitrogen and oxygen atoms in total. The maximum Gasteiger partial charge on any atom is 0.410 e. The number of nitrogens with zero attached hydrogens (tertiary/aromatic N) is 3. The molecule has 266 valence electrons. The van der Waals surface area contributed by atoms with Crippen molar-refractivity contribution in [2.24, 2.45) is 11.7 Å². The Morgan fingerprint density at radius 1 is 0.959 bits per heavy atom. The fourth-order valence-corrected chi connectivity index (χ4v) is 5.16. The number of carbonyl (C=O) groups excluding carboxylic acids is 2. The molecule has 1 saturated heterocycles. The van der Waals surface area contributed by atoms with Gasteiger partial charge >= 0.3 is 12.1 Å². The number of nitrogens with two attached hydrogens (primary N) is 1. The molecule has 0 atom stereocenters. The summed E-state index contributed by atoms with van der Waals surface area (Å²) in [6, 6.07) is 4.49. The van der Waals surface area contributed by atoms with E-state index in [4.69, 9.17) is 19.9 Å². The fraction of sp³-hybridized carbons (Fsp3) is 0.469. The SMILES string of the molecule is COc1cc(C(=O)O)cc([N+](=O)[O-])c1NC/C=C/CNc1c(OCCCC2CCN(C(=O)OC(C)(C)C)CC2)cc(C(N)=O)cc1[N+](=O)[O-]. The number of benzene rings is 2. The van der Waals surface area contributed by atoms with Crippen LogP contribution in [-0.2, 0) is 4.74 Å². The molecule has 0 saturated carbocycles. The van der Waals surface area contributed by atoms with E-state index in [1.54, 1.807) is 17.1 Å². The van der Waals surface area contributed by atoms with Crippen LogP contribution in [0.25, 0.3) is 0 Å². The van der Waals surface area contributed by atoms with Crippen LogP contribution in [0.5, 0.6) is 11.5 Å². The summed E-state index contributed by atoms with van der Waals surface area (Å²) in [5.74, 6) is -1.80. The van der Waals surface area contributed by atoms with Gasteiger partial charge in [-0.05, 0) is 64.5 Å². The lowest BCUT2D eigenvalue weighted by Gasteiger charge is -2.33. The average molecular weight is 687 g/mol. The molecule has 1 heterocycles. The lowest BCUT2D eigenvalue weighted by atomic mass is 9.92. The van der Waals surface area contributed by atoms with Crippen molar-refractivity contribution in [2.45, 2.75) is 52.1 Å². The minimum Gasteiger partial charge on any atom is -0.494 e. The van der Waals surface area contributed by atoms with E-state index >= 15 is 0 Å². The first-order valence-corrected chi connectivity index (χ1v) is 15.6. The number of ether oxygens (including phenoxy) is 3. The molecule has 2 aromatic rings. The molecule has 3 rings (SSSR count). The Bertz CT molecular complexity index is 1580. The number of hydrogen-bond acceptors (Lipinski definition) is 12. The Hall–Kier alpha value is -5.61. The summed E-state index contributed by atoms with van der Waals surface area (Å²) in [7, 11) is 1.25. The molecule has 0 radical (unpaired) electrons. The average Bonchev–Trinajstić information content (AvgIpc) is 3.03. The van der Waals surface area contributed by atoms with Crippen molar-refractivity contribution in [1.82, 2.24) is 4.90 Å². The summed E-state index contributed by atoms with van der Waals surface area (Å²) in [6.45, 7) is 6.99. The molecule has 1 aliphatic heterocycles. The molecule has 5 N–H and O–H groups in total. The topological polar surface area (TPSA) is 239 Å². The molecule has 0 spiro atoms. The molecule has 0 aliphatic carbocycles. The number of rotatable bonds is 16. The zero-order chi connectivity index (χ0) is 36.3. The molecular formula is C32H42N6O11. The van der Waals surface area contributed by atoms with Crippen molar-refractivity contribution in [3.63, 3.8) is 0 Å². The van der Waals surface area contributed by atoms with Crippen LogP contribution < -0.4 is 25.8 Å². The number of nitro groups is 2. The Morgan fingerprint density at radius 3 is 1.98 bits per heavy atom. The number of nitro benzene ring substituents is 2. The lowest BCUT2D eigenvalue weighted by molar-refractivity contribution is -0.384. The standard InChI is InChI=1S/C32H42N6O11/c1-32(2,3)49-31(42)36-13-9-20(10-14-36)8-7-15-48-26-18-21(29(33)39)16-23(37(43)44)28(26)35-12-6-5-11-34-27-24(38(45)46)17-22(30(40)41)19-25(27)47-4/h5-6,16-20,34-35H,7-15H2,1-4H3,(H2,33,39)(H,40,41)/b6-5+. The third-order valence-corrected chi connectivity index (χ3v) is 7.55. The number of carboxylic acid groups (broad SMARTS) is 1. The number of hydrogen-bond donors (Lipinski definition) is 4. The van der Waals surface area contributed by atoms with E-state index in [2.05, 4.69) is 10.6 Å². The van der Waals surface area contributed by atoms with Gasteiger partial charge in [-0.2, -0.15) is 0 Å². The number of amides is 2. The van der Waals surface area contributed by atoms with Gasteiger partial charge in [-0.3, -0.25) is 25.0 Å². The van der Waals surface area contributed by atoms with Crippen LogP contribution in [0.1, 0.15) is 67.2 Å². The van der Waals surface area contributed by atoms with Gasteiger partial charge in [-0.25, -0.2) is 9.59 Å². The van der Waals surface area contributed by atoms with Crippen molar-refractivity contribution >= 4 is 40.7 Å². The molecule has 0 bridgehead atoms. The Balaban J connectivity index is 1.62. The van der Waals surface area contributed by atoms with Crippen molar-refractivity contribution in [1.29, 1.82) is 0 Å². The van der Waals surface area contributed by atoms with Crippen LogP contribution in [-0.4, -0.2) is 83.3 Å². The first-order valence-electron chi connectivity index (χ1n) is 15.6. The van der Waals surface area contributed by atoms with Crippen molar-refractivity contribution in [3.8, 4) is 11.5 Å². The van der Waals surface area contributed by atoms with Gasteiger partial charge in [-0.1, -0.05) is 12.2 Å². The molecule has 0 aromatic heterocycles. The van der Waals surface area contributed by atoms with E-state index in [1.165, 1.54) is 13.2 Å². The number of methoxy groups -OCH3 is 1. The summed E-state index contributed by atoms with van der Waals surface area (Å²) in [6.07, 6.45) is 5.93. The van der Waals surface area contributed by atoms with Gasteiger partial charge in [-0.15, -0.1) is 0 Å². The zero-order valence-electron chi connectivity index (χ0n) is 27.9. The van der Waals surface area contributed by atoms with E-state index < -0.39 is 38.7 Å². The zero-order valence-corrected chi connectivity index (χ0v) is 27.9. The maximum atomic E-state index is 12.3. The van der Waals surface area contributed by atoms with Crippen LogP contribution in [0, 0.1) is 26.1 Å². The highest BCUT2D eigenvalue weighted by Crippen LogP contribution is 2.37. The normalized spacial score (nSPS) is 13.5. The van der Waals surface area contributed by atoms with E-state index in [-0.39, 0.29) is 59.8 Å². The van der Waals surface area contributed by atoms with E-state index in [1.807, 2.05) is 20.8 Å². The maximum absolute atomic E-state index is 12.3. The first-order chi connectivity index (χ1) is 23.1. The summed E-state index contributed by atoms with van der Waals surface area (Å²) in [5.41, 5.74) is 3.59. The van der Waals surface area contributed by atoms with Crippen LogP contribution >= 0.6 is 0 Å². The predicted octanol–water partition coefficient (Wildman–Crippen LogP) is 5.20. The molecule has 17 heteroatoms. The van der Waals surface area contributed by atoms with E-state index in [0.29, 0.717) is 25.4 Å². The van der Waals surface area contributed by atoms with Gasteiger partial charge in [0, 0.05) is 43.9 Å². The number of carbonyl (C=O) groups is 3. The van der Waals surface area contributed by atoms with Crippen LogP contribution in [0.15, 0.2) is 36.4 Å². The number of anilines is 2. The number of nitrogens with one attached hydrogen (secondary N) is 2. The molecule has 0 unspecified atom stereocenters. The molecular weight excluding hydrogens is 644 g/mol. The quantitative estimate of drug-likeness (QED) is 0.0770. The van der Waals surface area contributed by atoms with Crippen LogP contribution in [0.2, 0.25) is 0 Å². The molecule has 2 amide bonds. The smallest absolute Gasteiger partial charge is 0.410 e. The Labute approximate surface area is 282 Å². The number of piperidine rings is 1. The number of carboxylic acids is 1. The molecule has 2 aromatic carbocycles. The van der Waals surface area contributed by atoms with Gasteiger partial charge in [0.2, 0.25) is 5.91 Å². The Kier molecular flexibility index (Phi) is 13.1. The number of aromatic carboxylic acids is 1. The first kappa shape index (κ1) is 37.8. The van der Waals surface area contributed by atoms with Crippen molar-refractivity contribution in [3.05, 3.63) is 67.8 Å². The van der Waals surface area contributed by atoms with Crippen molar-refractivity contribution < 1.29 is 43.5 Å². The largest absolute Gasteiger partial charge is 0.494 e. The van der Waals surface area contributed by atoms with Gasteiger partial charge in [0.05, 0.1) is 29.1 Å². The molecule has 1 fully saturated rings. The van der Waals surface area contributed by atoms with E-state index in [9.17, 15) is 39.7 Å². The van der Waals surface area contributed by atoms with Gasteiger partial charge in [0.25, 0.3) is 11.4 Å². The second-order valence-electron chi connectivity index (χ2n) is 12.3. The van der Waals surface area contributed by atoms with Crippen molar-refractivity contribution in [2.75, 3.05) is 50.5 Å². The summed E-state index contributed by atoms with van der Waals surface area (Å²) >= 11 is 0. The highest BCUT2D eigenvalue weighted by atomic mass is 16.6. The number of likely N-dealkylation sites (tertiary alicyclic amines) is 1. The second kappa shape index (κ2) is 17.0. The second-order valence-corrected chi connectivity index (χ2v) is 12.3. The summed E-state index contributed by atoms with van der Waals surface area (Å²) in [4.78, 5) is 59.4. The molecule has 1 aliphatic rings. The fourth-order valence-electron chi connectivity index (χ4n) is 5.16.